The summed E-state index contributed by atoms with van der Waals surface area (Å²) < 4.78 is 43.4. The molecule has 0 radical (unpaired) electrons. The van der Waals surface area contributed by atoms with Crippen molar-refractivity contribution in [3.63, 3.8) is 0 Å². The summed E-state index contributed by atoms with van der Waals surface area (Å²) in [6, 6.07) is 13.6. The number of benzene rings is 3. The quantitative estimate of drug-likeness (QED) is 0.193. The van der Waals surface area contributed by atoms with E-state index < -0.39 is 24.2 Å². The molecule has 1 aliphatic carbocycles. The predicted octanol–water partition coefficient (Wildman–Crippen LogP) is 3.95. The third-order valence-electron chi connectivity index (χ3n) is 6.58. The summed E-state index contributed by atoms with van der Waals surface area (Å²) in [7, 11) is -0.260. The van der Waals surface area contributed by atoms with Crippen molar-refractivity contribution in [3.8, 4) is 11.3 Å². The smallest absolute Gasteiger partial charge is 0.455 e. The maximum atomic E-state index is 13.6. The predicted molar refractivity (Wildman–Crippen MR) is 145 cm³/mol. The molecule has 0 spiro atoms. The lowest BCUT2D eigenvalue weighted by atomic mass is 9.80. The van der Waals surface area contributed by atoms with E-state index in [0.717, 1.165) is 24.0 Å². The molecule has 12 heteroatoms. The van der Waals surface area contributed by atoms with E-state index in [-0.39, 0.29) is 28.9 Å². The van der Waals surface area contributed by atoms with Gasteiger partial charge in [-0.2, -0.15) is 0 Å². The van der Waals surface area contributed by atoms with Crippen LogP contribution in [0, 0.1) is 5.82 Å². The minimum absolute atomic E-state index is 0.0180. The molecule has 0 saturated heterocycles. The first-order chi connectivity index (χ1) is 18.2. The van der Waals surface area contributed by atoms with Crippen LogP contribution in [-0.4, -0.2) is 38.9 Å². The third kappa shape index (κ3) is 5.08. The number of hydrogen-bond acceptors (Lipinski definition) is 5. The van der Waals surface area contributed by atoms with E-state index in [4.69, 9.17) is 16.0 Å². The van der Waals surface area contributed by atoms with Crippen LogP contribution < -0.4 is 15.1 Å². The van der Waals surface area contributed by atoms with Crippen molar-refractivity contribution in [2.45, 2.75) is 25.3 Å². The second-order valence-electron chi connectivity index (χ2n) is 9.06. The molecule has 4 N–H and O–H groups in total. The zero-order chi connectivity index (χ0) is 27.1. The highest BCUT2D eigenvalue weighted by atomic mass is 35.5. The Morgan fingerprint density at radius 2 is 1.89 bits per heavy atom. The van der Waals surface area contributed by atoms with Gasteiger partial charge in [-0.05, 0) is 78.4 Å². The molecule has 0 aliphatic heterocycles. The van der Waals surface area contributed by atoms with Crippen molar-refractivity contribution in [1.82, 2.24) is 5.32 Å². The van der Waals surface area contributed by atoms with E-state index in [9.17, 15) is 28.0 Å². The Hall–Kier alpha value is -3.22. The summed E-state index contributed by atoms with van der Waals surface area (Å²) in [6.45, 7) is 0.0180. The second kappa shape index (κ2) is 10.5. The number of nitrogens with zero attached hydrogens (tertiary/aromatic N) is 1. The van der Waals surface area contributed by atoms with Gasteiger partial charge in [-0.15, -0.1) is 0 Å². The SMILES string of the molecule is CNC(=O)c1c(-c2ccc(F)cc2)oc2cc(CN(c3ccc(B(O)O)c(Cl)c3)S(=O)O)c(C3CC3)cc12. The van der Waals surface area contributed by atoms with Crippen LogP contribution in [0.25, 0.3) is 22.3 Å². The minimum Gasteiger partial charge on any atom is -0.455 e. The Morgan fingerprint density at radius 1 is 1.18 bits per heavy atom. The summed E-state index contributed by atoms with van der Waals surface area (Å²) in [5.41, 5.74) is 3.31. The maximum Gasteiger partial charge on any atom is 0.489 e. The number of amides is 1. The molecule has 1 saturated carbocycles. The second-order valence-corrected chi connectivity index (χ2v) is 10.4. The van der Waals surface area contributed by atoms with Crippen LogP contribution in [0.15, 0.2) is 59.0 Å². The Bertz CT molecular complexity index is 1560. The fourth-order valence-electron chi connectivity index (χ4n) is 4.54. The number of nitrogens with one attached hydrogen (secondary N) is 1. The van der Waals surface area contributed by atoms with Gasteiger partial charge in [-0.1, -0.05) is 17.7 Å². The monoisotopic (exact) mass is 556 g/mol. The summed E-state index contributed by atoms with van der Waals surface area (Å²) in [6.07, 6.45) is 1.88. The molecule has 1 heterocycles. The molecule has 3 aromatic carbocycles. The number of carbonyl (C=O) groups is 1. The highest BCUT2D eigenvalue weighted by Gasteiger charge is 2.31. The van der Waals surface area contributed by atoms with Crippen molar-refractivity contribution < 1.29 is 32.4 Å². The van der Waals surface area contributed by atoms with Gasteiger partial charge in [0.05, 0.1) is 17.8 Å². The van der Waals surface area contributed by atoms with E-state index in [2.05, 4.69) is 5.32 Å². The lowest BCUT2D eigenvalue weighted by Crippen LogP contribution is -2.31. The number of anilines is 1. The number of hydrogen-bond donors (Lipinski definition) is 4. The van der Waals surface area contributed by atoms with Crippen molar-refractivity contribution in [3.05, 3.63) is 82.1 Å². The number of carbonyl (C=O) groups excluding carboxylic acids is 1. The molecular formula is C26H23BClFN2O6S. The average Bonchev–Trinajstić information content (AvgIpc) is 3.66. The maximum absolute atomic E-state index is 13.6. The molecule has 1 fully saturated rings. The fourth-order valence-corrected chi connectivity index (χ4v) is 5.36. The van der Waals surface area contributed by atoms with E-state index in [0.29, 0.717) is 33.5 Å². The summed E-state index contributed by atoms with van der Waals surface area (Å²) in [5, 5.41) is 22.2. The standard InChI is InChI=1S/C26H23BClFN2O6S/c1-30-26(32)24-20-12-19(14-2-3-14)16(10-23(20)37-25(24)15-4-6-17(29)7-5-15)13-31(38(35)36)18-8-9-21(27(33)34)22(28)11-18/h4-12,14,33-34H,2-3,13H2,1H3,(H,30,32)(H,35,36). The Labute approximate surface area is 225 Å². The zero-order valence-electron chi connectivity index (χ0n) is 20.1. The van der Waals surface area contributed by atoms with Gasteiger partial charge in [0, 0.05) is 28.5 Å². The fraction of sp³-hybridized carbons (Fsp3) is 0.192. The summed E-state index contributed by atoms with van der Waals surface area (Å²) in [4.78, 5) is 12.9. The number of halogens is 2. The lowest BCUT2D eigenvalue weighted by Gasteiger charge is -2.22. The van der Waals surface area contributed by atoms with Crippen LogP contribution in [-0.2, 0) is 17.8 Å². The molecule has 4 aromatic rings. The van der Waals surface area contributed by atoms with E-state index in [1.54, 1.807) is 6.07 Å². The molecule has 1 aromatic heterocycles. The Balaban J connectivity index is 1.63. The number of furan rings is 1. The Kier molecular flexibility index (Phi) is 7.30. The van der Waals surface area contributed by atoms with Crippen LogP contribution in [0.2, 0.25) is 5.02 Å². The van der Waals surface area contributed by atoms with Gasteiger partial charge in [-0.25, -0.2) is 8.60 Å². The van der Waals surface area contributed by atoms with Crippen LogP contribution in [0.1, 0.15) is 40.2 Å². The molecular weight excluding hydrogens is 534 g/mol. The molecule has 0 bridgehead atoms. The normalized spacial score (nSPS) is 13.9. The summed E-state index contributed by atoms with van der Waals surface area (Å²) in [5.74, 6) is -0.244. The first-order valence-corrected chi connectivity index (χ1v) is 13.2. The van der Waals surface area contributed by atoms with Gasteiger partial charge >= 0.3 is 7.12 Å². The van der Waals surface area contributed by atoms with Crippen LogP contribution in [0.3, 0.4) is 0 Å². The molecule has 1 atom stereocenters. The van der Waals surface area contributed by atoms with Crippen molar-refractivity contribution >= 4 is 58.0 Å². The number of rotatable bonds is 8. The van der Waals surface area contributed by atoms with Crippen LogP contribution >= 0.6 is 11.6 Å². The molecule has 38 heavy (non-hydrogen) atoms. The van der Waals surface area contributed by atoms with Gasteiger partial charge in [0.2, 0.25) is 0 Å². The molecule has 1 aliphatic rings. The van der Waals surface area contributed by atoms with Gasteiger partial charge in [0.15, 0.2) is 0 Å². The minimum atomic E-state index is -2.44. The lowest BCUT2D eigenvalue weighted by molar-refractivity contribution is 0.0964. The molecule has 1 amide bonds. The molecule has 8 nitrogen and oxygen atoms in total. The van der Waals surface area contributed by atoms with E-state index in [1.165, 1.54) is 53.8 Å². The number of fused-ring (bicyclic) bond motifs is 1. The largest absolute Gasteiger partial charge is 0.489 e. The molecule has 1 unspecified atom stereocenters. The topological polar surface area (TPSA) is 123 Å². The average molecular weight is 557 g/mol. The van der Waals surface area contributed by atoms with Crippen molar-refractivity contribution in [2.24, 2.45) is 0 Å². The van der Waals surface area contributed by atoms with Crippen LogP contribution in [0.4, 0.5) is 10.1 Å². The Morgan fingerprint density at radius 3 is 2.47 bits per heavy atom. The zero-order valence-corrected chi connectivity index (χ0v) is 21.7. The van der Waals surface area contributed by atoms with Gasteiger partial charge in [-0.3, -0.25) is 13.7 Å². The molecule has 5 rings (SSSR count). The summed E-state index contributed by atoms with van der Waals surface area (Å²) >= 11 is 3.74. The highest BCUT2D eigenvalue weighted by molar-refractivity contribution is 7.80. The van der Waals surface area contributed by atoms with Crippen LogP contribution in [0.5, 0.6) is 0 Å². The third-order valence-corrected chi connectivity index (χ3v) is 7.62. The first kappa shape index (κ1) is 26.4. The van der Waals surface area contributed by atoms with Gasteiger partial charge < -0.3 is 19.8 Å². The van der Waals surface area contributed by atoms with Gasteiger partial charge in [0.25, 0.3) is 17.2 Å². The van der Waals surface area contributed by atoms with E-state index in [1.807, 2.05) is 6.07 Å². The first-order valence-electron chi connectivity index (χ1n) is 11.8. The van der Waals surface area contributed by atoms with Crippen molar-refractivity contribution in [1.29, 1.82) is 0 Å². The van der Waals surface area contributed by atoms with E-state index >= 15 is 0 Å². The highest BCUT2D eigenvalue weighted by Crippen LogP contribution is 2.45. The van der Waals surface area contributed by atoms with Gasteiger partial charge in [0.1, 0.15) is 17.2 Å². The molecule has 196 valence electrons. The van der Waals surface area contributed by atoms with Crippen molar-refractivity contribution in [2.75, 3.05) is 11.4 Å².